The van der Waals surface area contributed by atoms with Gasteiger partial charge in [-0.2, -0.15) is 0 Å². The topological polar surface area (TPSA) is 0 Å². The molecule has 2 aromatic carbocycles. The number of benzene rings is 2. The first-order chi connectivity index (χ1) is 9.36. The maximum atomic E-state index is 3.51. The highest BCUT2D eigenvalue weighted by Gasteiger charge is 1.93. The molecule has 0 nitrogen and oxygen atoms in total. The molecule has 0 amide bonds. The third-order valence-corrected chi connectivity index (χ3v) is 4.36. The normalized spacial score (nSPS) is 9.74. The van der Waals surface area contributed by atoms with Crippen LogP contribution in [0.25, 0.3) is 0 Å². The van der Waals surface area contributed by atoms with Gasteiger partial charge in [0.15, 0.2) is 0 Å². The maximum absolute atomic E-state index is 3.51. The van der Waals surface area contributed by atoms with Crippen LogP contribution in [0.15, 0.2) is 85.5 Å². The van der Waals surface area contributed by atoms with Crippen molar-refractivity contribution in [1.29, 1.82) is 0 Å². The molecule has 0 aliphatic rings. The molecule has 0 fully saturated rings. The van der Waals surface area contributed by atoms with Gasteiger partial charge in [0.05, 0.1) is 9.52 Å². The molecular formula is C18H22Si. The zero-order chi connectivity index (χ0) is 13.8. The SMILES string of the molecule is C=CC=CCC.c1ccc([SiH2]c2ccccc2)cc1. The molecule has 19 heavy (non-hydrogen) atoms. The van der Waals surface area contributed by atoms with Gasteiger partial charge in [-0.3, -0.25) is 0 Å². The van der Waals surface area contributed by atoms with Crippen LogP contribution in [0.3, 0.4) is 0 Å². The van der Waals surface area contributed by atoms with Crippen molar-refractivity contribution in [2.24, 2.45) is 0 Å². The summed E-state index contributed by atoms with van der Waals surface area (Å²) in [7, 11) is -0.234. The van der Waals surface area contributed by atoms with Gasteiger partial charge in [-0.05, 0) is 6.42 Å². The predicted molar refractivity (Wildman–Crippen MR) is 90.3 cm³/mol. The molecule has 0 aliphatic heterocycles. The number of allylic oxidation sites excluding steroid dienone is 3. The van der Waals surface area contributed by atoms with E-state index >= 15 is 0 Å². The van der Waals surface area contributed by atoms with Gasteiger partial charge in [0.25, 0.3) is 0 Å². The third-order valence-electron chi connectivity index (χ3n) is 2.60. The number of hydrogen-bond acceptors (Lipinski definition) is 0. The van der Waals surface area contributed by atoms with E-state index in [4.69, 9.17) is 0 Å². The Balaban J connectivity index is 0.000000258. The lowest BCUT2D eigenvalue weighted by Gasteiger charge is -1.99. The van der Waals surface area contributed by atoms with Gasteiger partial charge in [-0.1, -0.05) is 103 Å². The minimum absolute atomic E-state index is 0.234. The van der Waals surface area contributed by atoms with E-state index in [1.807, 2.05) is 6.08 Å². The molecule has 2 aromatic rings. The van der Waals surface area contributed by atoms with Crippen molar-refractivity contribution < 1.29 is 0 Å². The molecule has 0 radical (unpaired) electrons. The van der Waals surface area contributed by atoms with Crippen molar-refractivity contribution >= 4 is 19.9 Å². The Hall–Kier alpha value is -1.86. The Bertz CT molecular complexity index is 434. The summed E-state index contributed by atoms with van der Waals surface area (Å²) in [6.45, 7) is 5.61. The first kappa shape index (κ1) is 15.2. The molecule has 0 saturated carbocycles. The quantitative estimate of drug-likeness (QED) is 0.589. The molecule has 0 heterocycles. The summed E-state index contributed by atoms with van der Waals surface area (Å²) in [5.41, 5.74) is 0. The van der Waals surface area contributed by atoms with Crippen LogP contribution >= 0.6 is 0 Å². The fourth-order valence-electron chi connectivity index (χ4n) is 1.66. The minimum Gasteiger partial charge on any atom is -0.0991 e. The molecule has 98 valence electrons. The summed E-state index contributed by atoms with van der Waals surface area (Å²) in [4.78, 5) is 0. The van der Waals surface area contributed by atoms with Crippen LogP contribution in [0.5, 0.6) is 0 Å². The van der Waals surface area contributed by atoms with Gasteiger partial charge in [0.2, 0.25) is 0 Å². The minimum atomic E-state index is -0.234. The zero-order valence-electron chi connectivity index (χ0n) is 11.6. The second-order valence-corrected chi connectivity index (χ2v) is 6.21. The van der Waals surface area contributed by atoms with Crippen molar-refractivity contribution in [2.45, 2.75) is 13.3 Å². The first-order valence-corrected chi connectivity index (χ1v) is 8.13. The van der Waals surface area contributed by atoms with Crippen LogP contribution in [-0.2, 0) is 0 Å². The van der Waals surface area contributed by atoms with E-state index < -0.39 is 0 Å². The van der Waals surface area contributed by atoms with Gasteiger partial charge in [0, 0.05) is 0 Å². The van der Waals surface area contributed by atoms with Crippen LogP contribution < -0.4 is 10.4 Å². The van der Waals surface area contributed by atoms with Gasteiger partial charge in [-0.25, -0.2) is 0 Å². The summed E-state index contributed by atoms with van der Waals surface area (Å²) in [6.07, 6.45) is 6.89. The van der Waals surface area contributed by atoms with Crippen molar-refractivity contribution in [3.63, 3.8) is 0 Å². The van der Waals surface area contributed by atoms with Crippen LogP contribution in [0, 0.1) is 0 Å². The lowest BCUT2D eigenvalue weighted by atomic mass is 10.4. The Morgan fingerprint density at radius 1 is 0.895 bits per heavy atom. The molecule has 2 rings (SSSR count). The van der Waals surface area contributed by atoms with E-state index in [0.717, 1.165) is 6.42 Å². The molecule has 0 atom stereocenters. The lowest BCUT2D eigenvalue weighted by Crippen LogP contribution is -2.26. The van der Waals surface area contributed by atoms with Gasteiger partial charge in [-0.15, -0.1) is 0 Å². The van der Waals surface area contributed by atoms with Crippen molar-refractivity contribution in [3.05, 3.63) is 85.5 Å². The van der Waals surface area contributed by atoms with Crippen molar-refractivity contribution in [2.75, 3.05) is 0 Å². The summed E-state index contributed by atoms with van der Waals surface area (Å²) in [6, 6.07) is 21.5. The maximum Gasteiger partial charge on any atom is 0.0875 e. The molecule has 0 unspecified atom stereocenters. The summed E-state index contributed by atoms with van der Waals surface area (Å²) >= 11 is 0. The fraction of sp³-hybridized carbons (Fsp3) is 0.111. The standard InChI is InChI=1S/C12H12Si.C6H10/c1-3-7-11(8-4-1)13-12-9-5-2-6-10-12;1-3-5-6-4-2/h1-10H,13H2;3,5-6H,1,4H2,2H3. The Kier molecular flexibility index (Phi) is 8.07. The second kappa shape index (κ2) is 10.1. The number of rotatable bonds is 4. The summed E-state index contributed by atoms with van der Waals surface area (Å²) < 4.78 is 0. The Morgan fingerprint density at radius 2 is 1.37 bits per heavy atom. The number of hydrogen-bond donors (Lipinski definition) is 0. The lowest BCUT2D eigenvalue weighted by molar-refractivity contribution is 1.22. The second-order valence-electron chi connectivity index (χ2n) is 4.22. The smallest absolute Gasteiger partial charge is 0.0875 e. The van der Waals surface area contributed by atoms with E-state index in [0.29, 0.717) is 0 Å². The average molecular weight is 266 g/mol. The van der Waals surface area contributed by atoms with Gasteiger partial charge in [0.1, 0.15) is 0 Å². The molecule has 0 bridgehead atoms. The fourth-order valence-corrected chi connectivity index (χ4v) is 3.15. The molecule has 0 saturated heterocycles. The molecule has 0 N–H and O–H groups in total. The van der Waals surface area contributed by atoms with E-state index in [1.54, 1.807) is 6.08 Å². The van der Waals surface area contributed by atoms with E-state index in [9.17, 15) is 0 Å². The van der Waals surface area contributed by atoms with Crippen LogP contribution in [-0.4, -0.2) is 9.52 Å². The van der Waals surface area contributed by atoms with Crippen molar-refractivity contribution in [1.82, 2.24) is 0 Å². The highest BCUT2D eigenvalue weighted by molar-refractivity contribution is 6.67. The Labute approximate surface area is 119 Å². The predicted octanol–water partition coefficient (Wildman–Crippen LogP) is 2.94. The van der Waals surface area contributed by atoms with E-state index in [2.05, 4.69) is 80.2 Å². The van der Waals surface area contributed by atoms with Gasteiger partial charge >= 0.3 is 0 Å². The van der Waals surface area contributed by atoms with Crippen molar-refractivity contribution in [3.8, 4) is 0 Å². The van der Waals surface area contributed by atoms with Gasteiger partial charge < -0.3 is 0 Å². The highest BCUT2D eigenvalue weighted by atomic mass is 28.2. The largest absolute Gasteiger partial charge is 0.0991 e. The highest BCUT2D eigenvalue weighted by Crippen LogP contribution is 1.84. The summed E-state index contributed by atoms with van der Waals surface area (Å²) in [5, 5.41) is 3.02. The zero-order valence-corrected chi connectivity index (χ0v) is 13.0. The molecule has 0 spiro atoms. The van der Waals surface area contributed by atoms with Crippen LogP contribution in [0.2, 0.25) is 0 Å². The summed E-state index contributed by atoms with van der Waals surface area (Å²) in [5.74, 6) is 0. The molecule has 0 aliphatic carbocycles. The average Bonchev–Trinajstić information content (AvgIpc) is 2.48. The van der Waals surface area contributed by atoms with E-state index in [-0.39, 0.29) is 9.52 Å². The van der Waals surface area contributed by atoms with E-state index in [1.165, 1.54) is 10.4 Å². The van der Waals surface area contributed by atoms with Crippen LogP contribution in [0.1, 0.15) is 13.3 Å². The first-order valence-electron chi connectivity index (χ1n) is 6.72. The third kappa shape index (κ3) is 7.22. The monoisotopic (exact) mass is 266 g/mol. The molecule has 0 aromatic heterocycles. The van der Waals surface area contributed by atoms with Crippen LogP contribution in [0.4, 0.5) is 0 Å². The molecule has 1 heteroatoms. The molecular weight excluding hydrogens is 244 g/mol. The Morgan fingerprint density at radius 3 is 1.68 bits per heavy atom.